The van der Waals surface area contributed by atoms with Gasteiger partial charge < -0.3 is 9.84 Å². The number of ketones is 1. The Kier molecular flexibility index (Phi) is 6.00. The summed E-state index contributed by atoms with van der Waals surface area (Å²) in [5, 5.41) is 6.81. The number of carboxylic acid groups (broad SMARTS) is 1. The fourth-order valence-corrected chi connectivity index (χ4v) is 1.68. The second kappa shape index (κ2) is 6.48. The lowest BCUT2D eigenvalue weighted by atomic mass is 10.2. The van der Waals surface area contributed by atoms with Gasteiger partial charge in [-0.1, -0.05) is 0 Å². The molecule has 98 valence electrons. The highest BCUT2D eigenvalue weighted by Gasteiger charge is 2.33. The molecule has 17 heavy (non-hydrogen) atoms. The van der Waals surface area contributed by atoms with Gasteiger partial charge >= 0.3 is 18.1 Å². The molecule has 0 aliphatic heterocycles. The van der Waals surface area contributed by atoms with Gasteiger partial charge in [0.05, 0.1) is 12.9 Å². The highest BCUT2D eigenvalue weighted by molar-refractivity contribution is 8.00. The van der Waals surface area contributed by atoms with E-state index in [1.165, 1.54) is 0 Å². The van der Waals surface area contributed by atoms with Gasteiger partial charge in [0.2, 0.25) is 5.78 Å². The van der Waals surface area contributed by atoms with Crippen molar-refractivity contribution in [2.24, 2.45) is 0 Å². The Morgan fingerprint density at radius 2 is 1.88 bits per heavy atom. The van der Waals surface area contributed by atoms with Gasteiger partial charge in [0.25, 0.3) is 0 Å². The average molecular weight is 274 g/mol. The molecule has 1 unspecified atom stereocenters. The number of halogens is 3. The Hall–Kier alpha value is -1.25. The van der Waals surface area contributed by atoms with E-state index in [0.29, 0.717) is 0 Å². The van der Waals surface area contributed by atoms with E-state index in [2.05, 4.69) is 4.74 Å². The topological polar surface area (TPSA) is 80.7 Å². The monoisotopic (exact) mass is 274 g/mol. The molecule has 0 saturated heterocycles. The fraction of sp³-hybridized carbons (Fsp3) is 0.625. The Morgan fingerprint density at radius 3 is 2.24 bits per heavy atom. The molecule has 0 heterocycles. The summed E-state index contributed by atoms with van der Waals surface area (Å²) in [6.45, 7) is 0. The number of ether oxygens (including phenoxy) is 1. The molecule has 1 atom stereocenters. The first kappa shape index (κ1) is 15.8. The number of alkyl halides is 3. The highest BCUT2D eigenvalue weighted by atomic mass is 32.2. The minimum absolute atomic E-state index is 0.123. The molecule has 0 fully saturated rings. The first-order chi connectivity index (χ1) is 7.67. The predicted molar refractivity (Wildman–Crippen MR) is 51.6 cm³/mol. The number of esters is 1. The largest absolute Gasteiger partial charge is 0.476 e. The van der Waals surface area contributed by atoms with E-state index in [-0.39, 0.29) is 11.8 Å². The zero-order valence-corrected chi connectivity index (χ0v) is 9.43. The number of carbonyl (C=O) groups excluding carboxylic acids is 2. The van der Waals surface area contributed by atoms with Crippen LogP contribution in [0.5, 0.6) is 0 Å². The number of carbonyl (C=O) groups is 3. The van der Waals surface area contributed by atoms with Crippen molar-refractivity contribution < 1.29 is 37.4 Å². The van der Waals surface area contributed by atoms with Crippen LogP contribution in [0.3, 0.4) is 0 Å². The molecule has 0 aromatic heterocycles. The number of Topliss-reactive ketones (excluding diaryl/α,β-unsaturated/α-hetero) is 1. The molecule has 0 aliphatic carbocycles. The number of methoxy groups -OCH3 is 1. The van der Waals surface area contributed by atoms with E-state index in [9.17, 15) is 27.6 Å². The fourth-order valence-electron chi connectivity index (χ4n) is 0.793. The summed E-state index contributed by atoms with van der Waals surface area (Å²) in [4.78, 5) is 32.0. The summed E-state index contributed by atoms with van der Waals surface area (Å²) in [7, 11) is 0.939. The smallest absolute Gasteiger partial charge is 0.397 e. The Balaban J connectivity index is 4.50. The Morgan fingerprint density at radius 1 is 1.35 bits per heavy atom. The van der Waals surface area contributed by atoms with E-state index >= 15 is 0 Å². The Labute approximate surface area is 98.3 Å². The maximum atomic E-state index is 11.9. The van der Waals surface area contributed by atoms with E-state index in [4.69, 9.17) is 5.11 Å². The van der Waals surface area contributed by atoms with Crippen molar-refractivity contribution in [3.05, 3.63) is 0 Å². The number of hydrogen-bond acceptors (Lipinski definition) is 5. The molecule has 0 saturated carbocycles. The zero-order valence-electron chi connectivity index (χ0n) is 8.61. The first-order valence-electron chi connectivity index (χ1n) is 4.19. The number of hydrogen-bond donors (Lipinski definition) is 1. The summed E-state index contributed by atoms with van der Waals surface area (Å²) < 4.78 is 39.9. The molecule has 5 nitrogen and oxygen atoms in total. The van der Waals surface area contributed by atoms with Gasteiger partial charge in [0.1, 0.15) is 5.25 Å². The molecule has 0 radical (unpaired) electrons. The van der Waals surface area contributed by atoms with Crippen molar-refractivity contribution in [1.82, 2.24) is 0 Å². The van der Waals surface area contributed by atoms with Crippen molar-refractivity contribution in [1.29, 1.82) is 0 Å². The molecule has 0 bridgehead atoms. The molecule has 0 aromatic rings. The van der Waals surface area contributed by atoms with E-state index in [1.807, 2.05) is 0 Å². The van der Waals surface area contributed by atoms with Crippen LogP contribution in [0.25, 0.3) is 0 Å². The van der Waals surface area contributed by atoms with E-state index < -0.39 is 41.3 Å². The Bertz CT molecular complexity index is 315. The minimum atomic E-state index is -4.51. The zero-order chi connectivity index (χ0) is 13.6. The third kappa shape index (κ3) is 6.82. The van der Waals surface area contributed by atoms with Gasteiger partial charge in [-0.15, -0.1) is 11.8 Å². The maximum absolute atomic E-state index is 11.9. The van der Waals surface area contributed by atoms with Crippen molar-refractivity contribution in [3.8, 4) is 0 Å². The predicted octanol–water partition coefficient (Wildman–Crippen LogP) is 0.867. The molecule has 0 rings (SSSR count). The molecule has 0 aromatic carbocycles. The lowest BCUT2D eigenvalue weighted by Gasteiger charge is -2.13. The summed E-state index contributed by atoms with van der Waals surface area (Å²) >= 11 is 0.123. The van der Waals surface area contributed by atoms with Gasteiger partial charge in [0.15, 0.2) is 0 Å². The summed E-state index contributed by atoms with van der Waals surface area (Å²) in [5.74, 6) is -5.56. The summed E-state index contributed by atoms with van der Waals surface area (Å²) in [5.41, 5.74) is 0. The van der Waals surface area contributed by atoms with Crippen molar-refractivity contribution in [2.45, 2.75) is 17.8 Å². The van der Waals surface area contributed by atoms with Crippen LogP contribution in [0, 0.1) is 0 Å². The minimum Gasteiger partial charge on any atom is -0.476 e. The van der Waals surface area contributed by atoms with Crippen LogP contribution in [-0.2, 0) is 19.1 Å². The number of aliphatic carboxylic acids is 1. The lowest BCUT2D eigenvalue weighted by Crippen LogP contribution is -2.28. The van der Waals surface area contributed by atoms with Gasteiger partial charge in [-0.05, 0) is 0 Å². The quantitative estimate of drug-likeness (QED) is 0.571. The van der Waals surface area contributed by atoms with Gasteiger partial charge in [0, 0.05) is 6.42 Å². The molecule has 0 aliphatic rings. The normalized spacial score (nSPS) is 12.9. The first-order valence-corrected chi connectivity index (χ1v) is 5.24. The van der Waals surface area contributed by atoms with Gasteiger partial charge in [-0.25, -0.2) is 4.79 Å². The average Bonchev–Trinajstić information content (AvgIpc) is 2.21. The SMILES string of the molecule is COC(=O)C(CC(=O)C(=O)O)SCC(F)(F)F. The second-order valence-electron chi connectivity index (χ2n) is 2.87. The molecular weight excluding hydrogens is 265 g/mol. The van der Waals surface area contributed by atoms with Crippen LogP contribution >= 0.6 is 11.8 Å². The number of rotatable bonds is 6. The number of carboxylic acids is 1. The standard InChI is InChI=1S/C8H9F3O5S/c1-16-7(15)5(2-4(12)6(13)14)17-3-8(9,10)11/h5H,2-3H2,1H3,(H,13,14). The molecule has 0 spiro atoms. The van der Waals surface area contributed by atoms with Crippen molar-refractivity contribution in [2.75, 3.05) is 12.9 Å². The van der Waals surface area contributed by atoms with Crippen LogP contribution in [-0.4, -0.2) is 47.1 Å². The maximum Gasteiger partial charge on any atom is 0.397 e. The van der Waals surface area contributed by atoms with Gasteiger partial charge in [-0.2, -0.15) is 13.2 Å². The van der Waals surface area contributed by atoms with Crippen LogP contribution in [0.1, 0.15) is 6.42 Å². The molecule has 1 N–H and O–H groups in total. The lowest BCUT2D eigenvalue weighted by molar-refractivity contribution is -0.150. The van der Waals surface area contributed by atoms with Crippen LogP contribution < -0.4 is 0 Å². The third-order valence-corrected chi connectivity index (χ3v) is 2.78. The van der Waals surface area contributed by atoms with E-state index in [0.717, 1.165) is 7.11 Å². The van der Waals surface area contributed by atoms with Crippen molar-refractivity contribution in [3.63, 3.8) is 0 Å². The highest BCUT2D eigenvalue weighted by Crippen LogP contribution is 2.26. The number of thioether (sulfide) groups is 1. The summed E-state index contributed by atoms with van der Waals surface area (Å²) in [6, 6.07) is 0. The molecule has 0 amide bonds. The van der Waals surface area contributed by atoms with Crippen molar-refractivity contribution >= 4 is 29.5 Å². The molecular formula is C8H9F3O5S. The van der Waals surface area contributed by atoms with Crippen LogP contribution in [0.4, 0.5) is 13.2 Å². The van der Waals surface area contributed by atoms with Gasteiger partial charge in [-0.3, -0.25) is 9.59 Å². The second-order valence-corrected chi connectivity index (χ2v) is 4.06. The van der Waals surface area contributed by atoms with Crippen LogP contribution in [0.2, 0.25) is 0 Å². The molecule has 9 heteroatoms. The van der Waals surface area contributed by atoms with E-state index in [1.54, 1.807) is 0 Å². The van der Waals surface area contributed by atoms with Crippen LogP contribution in [0.15, 0.2) is 0 Å². The summed E-state index contributed by atoms with van der Waals surface area (Å²) in [6.07, 6.45) is -5.34. The third-order valence-electron chi connectivity index (χ3n) is 1.52.